The number of carbonyl (C=O) groups is 1. The smallest absolute Gasteiger partial charge is 0.320 e. The molecule has 1 aliphatic carbocycles. The number of hydrogen-bond donors (Lipinski definition) is 2. The van der Waals surface area contributed by atoms with Crippen molar-refractivity contribution in [1.82, 2.24) is 0 Å². The maximum atomic E-state index is 10.4. The minimum Gasteiger partial charge on any atom is -0.480 e. The SMILES string of the molecule is NC(CC1CC=C(Cl)C1)C(=O)O. The quantitative estimate of drug-likeness (QED) is 0.704. The van der Waals surface area contributed by atoms with Crippen molar-refractivity contribution in [3.63, 3.8) is 0 Å². The zero-order chi connectivity index (χ0) is 9.14. The van der Waals surface area contributed by atoms with Crippen LogP contribution in [0.5, 0.6) is 0 Å². The molecule has 0 heterocycles. The average molecular weight is 190 g/mol. The number of carboxylic acids is 1. The highest BCUT2D eigenvalue weighted by atomic mass is 35.5. The van der Waals surface area contributed by atoms with E-state index in [1.807, 2.05) is 6.08 Å². The third kappa shape index (κ3) is 2.50. The third-order valence-corrected chi connectivity index (χ3v) is 2.37. The van der Waals surface area contributed by atoms with Crippen molar-refractivity contribution >= 4 is 17.6 Å². The zero-order valence-electron chi connectivity index (χ0n) is 6.66. The second kappa shape index (κ2) is 3.92. The van der Waals surface area contributed by atoms with Crippen LogP contribution >= 0.6 is 11.6 Å². The zero-order valence-corrected chi connectivity index (χ0v) is 7.42. The molecule has 68 valence electrons. The lowest BCUT2D eigenvalue weighted by molar-refractivity contribution is -0.138. The van der Waals surface area contributed by atoms with Crippen molar-refractivity contribution in [3.8, 4) is 0 Å². The number of nitrogens with two attached hydrogens (primary N) is 1. The molecule has 0 aromatic carbocycles. The van der Waals surface area contributed by atoms with Crippen LogP contribution in [0.3, 0.4) is 0 Å². The van der Waals surface area contributed by atoms with E-state index >= 15 is 0 Å². The van der Waals surface area contributed by atoms with E-state index in [9.17, 15) is 4.79 Å². The highest BCUT2D eigenvalue weighted by Crippen LogP contribution is 2.30. The van der Waals surface area contributed by atoms with Gasteiger partial charge in [-0.15, -0.1) is 0 Å². The molecular formula is C8H12ClNO2. The summed E-state index contributed by atoms with van der Waals surface area (Å²) in [4.78, 5) is 10.4. The van der Waals surface area contributed by atoms with Crippen molar-refractivity contribution in [3.05, 3.63) is 11.1 Å². The highest BCUT2D eigenvalue weighted by molar-refractivity contribution is 6.29. The van der Waals surface area contributed by atoms with Gasteiger partial charge >= 0.3 is 5.97 Å². The van der Waals surface area contributed by atoms with E-state index < -0.39 is 12.0 Å². The molecule has 2 atom stereocenters. The largest absolute Gasteiger partial charge is 0.480 e. The summed E-state index contributed by atoms with van der Waals surface area (Å²) in [5.74, 6) is -0.610. The normalized spacial score (nSPS) is 25.2. The molecule has 0 amide bonds. The lowest BCUT2D eigenvalue weighted by Gasteiger charge is -2.11. The molecule has 4 heteroatoms. The van der Waals surface area contributed by atoms with Crippen molar-refractivity contribution in [2.75, 3.05) is 0 Å². The van der Waals surface area contributed by atoms with Gasteiger partial charge in [0.25, 0.3) is 0 Å². The van der Waals surface area contributed by atoms with Gasteiger partial charge in [-0.25, -0.2) is 0 Å². The number of halogens is 1. The van der Waals surface area contributed by atoms with Crippen LogP contribution in [0, 0.1) is 5.92 Å². The minimum atomic E-state index is -0.932. The monoisotopic (exact) mass is 189 g/mol. The van der Waals surface area contributed by atoms with Gasteiger partial charge in [0.1, 0.15) is 6.04 Å². The topological polar surface area (TPSA) is 63.3 Å². The molecule has 3 nitrogen and oxygen atoms in total. The Morgan fingerprint density at radius 3 is 3.00 bits per heavy atom. The van der Waals surface area contributed by atoms with Crippen LogP contribution < -0.4 is 5.73 Å². The second-order valence-corrected chi connectivity index (χ2v) is 3.62. The number of rotatable bonds is 3. The molecule has 1 aliphatic rings. The van der Waals surface area contributed by atoms with Crippen LogP contribution in [0.15, 0.2) is 11.1 Å². The fourth-order valence-corrected chi connectivity index (χ4v) is 1.68. The Morgan fingerprint density at radius 2 is 2.58 bits per heavy atom. The second-order valence-electron chi connectivity index (χ2n) is 3.14. The summed E-state index contributed by atoms with van der Waals surface area (Å²) < 4.78 is 0. The summed E-state index contributed by atoms with van der Waals surface area (Å²) in [6.07, 6.45) is 4.09. The fourth-order valence-electron chi connectivity index (χ4n) is 1.38. The first-order valence-corrected chi connectivity index (χ1v) is 4.30. The van der Waals surface area contributed by atoms with Crippen LogP contribution in [0.25, 0.3) is 0 Å². The molecule has 2 unspecified atom stereocenters. The molecule has 1 rings (SSSR count). The first-order valence-electron chi connectivity index (χ1n) is 3.92. The van der Waals surface area contributed by atoms with Crippen molar-refractivity contribution in [2.45, 2.75) is 25.3 Å². The van der Waals surface area contributed by atoms with Crippen LogP contribution in [-0.2, 0) is 4.79 Å². The Kier molecular flexibility index (Phi) is 3.12. The van der Waals surface area contributed by atoms with Crippen LogP contribution in [0.2, 0.25) is 0 Å². The van der Waals surface area contributed by atoms with E-state index in [1.54, 1.807) is 0 Å². The molecule has 12 heavy (non-hydrogen) atoms. The maximum absolute atomic E-state index is 10.4. The Hall–Kier alpha value is -0.540. The molecule has 0 aliphatic heterocycles. The summed E-state index contributed by atoms with van der Waals surface area (Å²) in [7, 11) is 0. The van der Waals surface area contributed by atoms with Crippen molar-refractivity contribution < 1.29 is 9.90 Å². The minimum absolute atomic E-state index is 0.323. The predicted molar refractivity (Wildman–Crippen MR) is 46.9 cm³/mol. The van der Waals surface area contributed by atoms with E-state index in [1.165, 1.54) is 0 Å². The molecular weight excluding hydrogens is 178 g/mol. The van der Waals surface area contributed by atoms with Crippen LogP contribution in [0.1, 0.15) is 19.3 Å². The van der Waals surface area contributed by atoms with Gasteiger partial charge in [0.15, 0.2) is 0 Å². The van der Waals surface area contributed by atoms with Gasteiger partial charge in [-0.05, 0) is 25.2 Å². The lowest BCUT2D eigenvalue weighted by Crippen LogP contribution is -2.31. The molecule has 0 saturated heterocycles. The Labute approximate surface area is 76.2 Å². The van der Waals surface area contributed by atoms with Gasteiger partial charge in [-0.2, -0.15) is 0 Å². The maximum Gasteiger partial charge on any atom is 0.320 e. The first-order chi connectivity index (χ1) is 5.59. The average Bonchev–Trinajstić information content (AvgIpc) is 2.35. The molecule has 0 spiro atoms. The van der Waals surface area contributed by atoms with Gasteiger partial charge < -0.3 is 10.8 Å². The lowest BCUT2D eigenvalue weighted by atomic mass is 9.98. The van der Waals surface area contributed by atoms with E-state index in [-0.39, 0.29) is 0 Å². The van der Waals surface area contributed by atoms with E-state index in [4.69, 9.17) is 22.4 Å². The Balaban J connectivity index is 2.30. The van der Waals surface area contributed by atoms with Crippen molar-refractivity contribution in [1.29, 1.82) is 0 Å². The van der Waals surface area contributed by atoms with E-state index in [0.717, 1.165) is 17.9 Å². The summed E-state index contributed by atoms with van der Waals surface area (Å²) >= 11 is 5.74. The molecule has 3 N–H and O–H groups in total. The summed E-state index contributed by atoms with van der Waals surface area (Å²) in [5, 5.41) is 9.36. The number of aliphatic carboxylic acids is 1. The molecule has 0 fully saturated rings. The van der Waals surface area contributed by atoms with Gasteiger partial charge in [0.05, 0.1) is 0 Å². The van der Waals surface area contributed by atoms with Crippen LogP contribution in [0.4, 0.5) is 0 Å². The number of allylic oxidation sites excluding steroid dienone is 2. The van der Waals surface area contributed by atoms with Crippen LogP contribution in [-0.4, -0.2) is 17.1 Å². The Morgan fingerprint density at radius 1 is 1.92 bits per heavy atom. The first kappa shape index (κ1) is 9.55. The predicted octanol–water partition coefficient (Wildman–Crippen LogP) is 1.32. The van der Waals surface area contributed by atoms with E-state index in [0.29, 0.717) is 12.3 Å². The summed E-state index contributed by atoms with van der Waals surface area (Å²) in [5.41, 5.74) is 5.38. The standard InChI is InChI=1S/C8H12ClNO2/c9-6-2-1-5(3-6)4-7(10)8(11)12/h2,5,7H,1,3-4,10H2,(H,11,12). The highest BCUT2D eigenvalue weighted by Gasteiger charge is 2.21. The molecule has 0 aromatic heterocycles. The number of carboxylic acid groups (broad SMARTS) is 1. The van der Waals surface area contributed by atoms with Gasteiger partial charge in [0.2, 0.25) is 0 Å². The van der Waals surface area contributed by atoms with Crippen molar-refractivity contribution in [2.24, 2.45) is 11.7 Å². The van der Waals surface area contributed by atoms with E-state index in [2.05, 4.69) is 0 Å². The molecule has 0 radical (unpaired) electrons. The van der Waals surface area contributed by atoms with Gasteiger partial charge in [-0.1, -0.05) is 17.7 Å². The summed E-state index contributed by atoms with van der Waals surface area (Å²) in [6.45, 7) is 0. The Bertz CT molecular complexity index is 215. The number of hydrogen-bond acceptors (Lipinski definition) is 2. The molecule has 0 aromatic rings. The fraction of sp³-hybridized carbons (Fsp3) is 0.625. The van der Waals surface area contributed by atoms with Gasteiger partial charge in [-0.3, -0.25) is 4.79 Å². The molecule has 0 saturated carbocycles. The third-order valence-electron chi connectivity index (χ3n) is 2.06. The molecule has 0 bridgehead atoms. The van der Waals surface area contributed by atoms with Gasteiger partial charge in [0, 0.05) is 5.03 Å². The summed E-state index contributed by atoms with van der Waals surface area (Å²) in [6, 6.07) is -0.744.